The van der Waals surface area contributed by atoms with Gasteiger partial charge in [0, 0.05) is 0 Å². The molecule has 0 fully saturated rings. The Balaban J connectivity index is 2.08. The molecule has 0 spiro atoms. The lowest BCUT2D eigenvalue weighted by molar-refractivity contribution is 1.65. The smallest absolute Gasteiger partial charge is 0.0695 e. The fourth-order valence-electron chi connectivity index (χ4n) is 3.37. The molecule has 108 valence electrons. The molecule has 1 heteroatoms. The summed E-state index contributed by atoms with van der Waals surface area (Å²) in [6.45, 7) is 7.21. The lowest BCUT2D eigenvalue weighted by Gasteiger charge is -2.13. The maximum Gasteiger partial charge on any atom is 0.0695 e. The van der Waals surface area contributed by atoms with Gasteiger partial charge in [0.1, 0.15) is 0 Å². The summed E-state index contributed by atoms with van der Waals surface area (Å²) in [6.07, 6.45) is 0. The summed E-state index contributed by atoms with van der Waals surface area (Å²) in [5, 5.41) is 2.65. The van der Waals surface area contributed by atoms with E-state index in [2.05, 4.69) is 86.0 Å². The first kappa shape index (κ1) is 13.5. The van der Waals surface area contributed by atoms with Crippen molar-refractivity contribution in [2.24, 2.45) is 0 Å². The molecule has 0 N–H and O–H groups in total. The SMILES string of the molecule is C[Si](C)(C)/C=C1\c2ccccc2-c2cc3ccccc3cc21. The van der Waals surface area contributed by atoms with E-state index < -0.39 is 8.07 Å². The Bertz CT molecular complexity index is 911. The molecule has 0 aliphatic heterocycles. The molecule has 22 heavy (non-hydrogen) atoms. The third-order valence-corrected chi connectivity index (χ3v) is 5.42. The standard InChI is InChI=1S/C21H20Si/c1-22(2,3)14-21-18-11-7-6-10-17(18)19-12-15-8-4-5-9-16(15)13-20(19)21/h4-14H,1-3H3/b21-14+. The third-order valence-electron chi connectivity index (χ3n) is 4.26. The number of fused-ring (bicyclic) bond motifs is 4. The van der Waals surface area contributed by atoms with Crippen molar-refractivity contribution < 1.29 is 0 Å². The van der Waals surface area contributed by atoms with Gasteiger partial charge in [0.2, 0.25) is 0 Å². The zero-order chi connectivity index (χ0) is 15.3. The largest absolute Gasteiger partial charge is 0.0867 e. The molecule has 0 atom stereocenters. The van der Waals surface area contributed by atoms with Gasteiger partial charge in [-0.3, -0.25) is 0 Å². The van der Waals surface area contributed by atoms with Crippen molar-refractivity contribution in [3.63, 3.8) is 0 Å². The Hall–Kier alpha value is -2.12. The molecule has 0 aromatic heterocycles. The number of rotatable bonds is 1. The number of hydrogen-bond donors (Lipinski definition) is 0. The van der Waals surface area contributed by atoms with Gasteiger partial charge < -0.3 is 0 Å². The Morgan fingerprint density at radius 3 is 1.82 bits per heavy atom. The van der Waals surface area contributed by atoms with Crippen molar-refractivity contribution in [1.82, 2.24) is 0 Å². The van der Waals surface area contributed by atoms with Gasteiger partial charge in [-0.25, -0.2) is 0 Å². The molecule has 4 rings (SSSR count). The summed E-state index contributed by atoms with van der Waals surface area (Å²) >= 11 is 0. The van der Waals surface area contributed by atoms with Crippen molar-refractivity contribution in [3.05, 3.63) is 77.5 Å². The Kier molecular flexibility index (Phi) is 2.88. The van der Waals surface area contributed by atoms with Crippen LogP contribution in [0.3, 0.4) is 0 Å². The molecule has 3 aromatic carbocycles. The molecule has 1 aliphatic rings. The summed E-state index contributed by atoms with van der Waals surface area (Å²) < 4.78 is 0. The maximum absolute atomic E-state index is 2.55. The zero-order valence-electron chi connectivity index (χ0n) is 13.4. The van der Waals surface area contributed by atoms with E-state index in [0.29, 0.717) is 0 Å². The highest BCUT2D eigenvalue weighted by Crippen LogP contribution is 2.46. The molecule has 0 saturated carbocycles. The van der Waals surface area contributed by atoms with Crippen molar-refractivity contribution in [3.8, 4) is 11.1 Å². The van der Waals surface area contributed by atoms with Crippen LogP contribution in [0.15, 0.2) is 66.4 Å². The van der Waals surface area contributed by atoms with Crippen LogP contribution in [0.2, 0.25) is 19.6 Å². The van der Waals surface area contributed by atoms with Crippen molar-refractivity contribution >= 4 is 24.4 Å². The predicted molar refractivity (Wildman–Crippen MR) is 99.8 cm³/mol. The average molecular weight is 300 g/mol. The Labute approximate surface area is 133 Å². The van der Waals surface area contributed by atoms with E-state index in [0.717, 1.165) is 0 Å². The average Bonchev–Trinajstić information content (AvgIpc) is 2.78. The van der Waals surface area contributed by atoms with Crippen LogP contribution in [0.25, 0.3) is 27.5 Å². The Morgan fingerprint density at radius 2 is 1.18 bits per heavy atom. The normalized spacial score (nSPS) is 15.1. The molecule has 0 unspecified atom stereocenters. The molecule has 0 heterocycles. The van der Waals surface area contributed by atoms with E-state index in [9.17, 15) is 0 Å². The topological polar surface area (TPSA) is 0 Å². The van der Waals surface area contributed by atoms with Gasteiger partial charge in [-0.15, -0.1) is 0 Å². The highest BCUT2D eigenvalue weighted by Gasteiger charge is 2.25. The fourth-order valence-corrected chi connectivity index (χ4v) is 4.55. The van der Waals surface area contributed by atoms with Crippen LogP contribution >= 0.6 is 0 Å². The lowest BCUT2D eigenvalue weighted by Crippen LogP contribution is -2.16. The quantitative estimate of drug-likeness (QED) is 0.371. The monoisotopic (exact) mass is 300 g/mol. The molecular formula is C21H20Si. The van der Waals surface area contributed by atoms with Crippen molar-refractivity contribution in [1.29, 1.82) is 0 Å². The molecular weight excluding hydrogens is 280 g/mol. The van der Waals surface area contributed by atoms with E-state index in [4.69, 9.17) is 0 Å². The van der Waals surface area contributed by atoms with Gasteiger partial charge in [-0.2, -0.15) is 0 Å². The van der Waals surface area contributed by atoms with Gasteiger partial charge in [0.25, 0.3) is 0 Å². The molecule has 0 saturated heterocycles. The second-order valence-corrected chi connectivity index (χ2v) is 12.2. The first-order valence-electron chi connectivity index (χ1n) is 7.89. The molecule has 0 bridgehead atoms. The summed E-state index contributed by atoms with van der Waals surface area (Å²) in [7, 11) is -1.29. The van der Waals surface area contributed by atoms with Crippen molar-refractivity contribution in [2.75, 3.05) is 0 Å². The third kappa shape index (κ3) is 2.13. The molecule has 3 aromatic rings. The van der Waals surface area contributed by atoms with E-state index in [1.807, 2.05) is 0 Å². The van der Waals surface area contributed by atoms with E-state index in [1.54, 1.807) is 0 Å². The first-order chi connectivity index (χ1) is 10.5. The van der Waals surface area contributed by atoms with Gasteiger partial charge >= 0.3 is 0 Å². The summed E-state index contributed by atoms with van der Waals surface area (Å²) in [5.41, 5.74) is 9.56. The summed E-state index contributed by atoms with van der Waals surface area (Å²) in [4.78, 5) is 0. The summed E-state index contributed by atoms with van der Waals surface area (Å²) in [6, 6.07) is 22.2. The van der Waals surface area contributed by atoms with Crippen LogP contribution in [-0.2, 0) is 0 Å². The van der Waals surface area contributed by atoms with Crippen LogP contribution in [0, 0.1) is 0 Å². The second kappa shape index (κ2) is 4.69. The molecule has 0 amide bonds. The fraction of sp³-hybridized carbons (Fsp3) is 0.143. The van der Waals surface area contributed by atoms with E-state index in [-0.39, 0.29) is 0 Å². The maximum atomic E-state index is 2.55. The van der Waals surface area contributed by atoms with Crippen LogP contribution < -0.4 is 0 Å². The van der Waals surface area contributed by atoms with Crippen LogP contribution in [0.4, 0.5) is 0 Å². The Morgan fingerprint density at radius 1 is 0.636 bits per heavy atom. The van der Waals surface area contributed by atoms with Crippen molar-refractivity contribution in [2.45, 2.75) is 19.6 Å². The predicted octanol–water partition coefficient (Wildman–Crippen LogP) is 6.13. The first-order valence-corrected chi connectivity index (χ1v) is 11.5. The minimum atomic E-state index is -1.29. The highest BCUT2D eigenvalue weighted by atomic mass is 28.3. The molecule has 1 aliphatic carbocycles. The van der Waals surface area contributed by atoms with Gasteiger partial charge in [-0.05, 0) is 50.7 Å². The lowest BCUT2D eigenvalue weighted by atomic mass is 10.00. The molecule has 0 nitrogen and oxygen atoms in total. The number of hydrogen-bond acceptors (Lipinski definition) is 0. The molecule has 0 radical (unpaired) electrons. The van der Waals surface area contributed by atoms with E-state index >= 15 is 0 Å². The van der Waals surface area contributed by atoms with Crippen LogP contribution in [-0.4, -0.2) is 8.07 Å². The number of benzene rings is 3. The van der Waals surface area contributed by atoms with Crippen LogP contribution in [0.1, 0.15) is 11.1 Å². The van der Waals surface area contributed by atoms with Gasteiger partial charge in [0.15, 0.2) is 0 Å². The van der Waals surface area contributed by atoms with Gasteiger partial charge in [0.05, 0.1) is 8.07 Å². The zero-order valence-corrected chi connectivity index (χ0v) is 14.4. The second-order valence-electron chi connectivity index (χ2n) is 7.21. The minimum Gasteiger partial charge on any atom is -0.0867 e. The minimum absolute atomic E-state index is 1.29. The summed E-state index contributed by atoms with van der Waals surface area (Å²) in [5.74, 6) is 0. The van der Waals surface area contributed by atoms with E-state index in [1.165, 1.54) is 38.6 Å². The highest BCUT2D eigenvalue weighted by molar-refractivity contribution is 6.82. The van der Waals surface area contributed by atoms with Crippen LogP contribution in [0.5, 0.6) is 0 Å². The van der Waals surface area contributed by atoms with Gasteiger partial charge in [-0.1, -0.05) is 73.9 Å².